The number of nitrogens with zero attached hydrogens (tertiary/aromatic N) is 1. The number of nitrogens with two attached hydrogens (primary N) is 1. The minimum absolute atomic E-state index is 0.158. The maximum atomic E-state index is 12.4. The van der Waals surface area contributed by atoms with Gasteiger partial charge in [-0.3, -0.25) is 0 Å². The van der Waals surface area contributed by atoms with Gasteiger partial charge in [0, 0.05) is 19.6 Å². The number of sulfone groups is 1. The summed E-state index contributed by atoms with van der Waals surface area (Å²) in [5, 5.41) is 0. The molecule has 2 N–H and O–H groups in total. The van der Waals surface area contributed by atoms with Crippen LogP contribution in [0.25, 0.3) is 0 Å². The fourth-order valence-electron chi connectivity index (χ4n) is 2.18. The third kappa shape index (κ3) is 5.77. The number of rotatable bonds is 9. The minimum Gasteiger partial charge on any atom is -0.326 e. The van der Waals surface area contributed by atoms with Crippen molar-refractivity contribution >= 4 is 9.84 Å². The summed E-state index contributed by atoms with van der Waals surface area (Å²) < 4.78 is 24.8. The van der Waals surface area contributed by atoms with E-state index in [0.717, 1.165) is 25.1 Å². The summed E-state index contributed by atoms with van der Waals surface area (Å²) in [4.78, 5) is 2.59. The van der Waals surface area contributed by atoms with E-state index in [0.29, 0.717) is 23.9 Å². The fraction of sp³-hybridized carbons (Fsp3) is 0.625. The van der Waals surface area contributed by atoms with Gasteiger partial charge in [0.05, 0.1) is 10.6 Å². The second-order valence-electron chi connectivity index (χ2n) is 5.58. The summed E-state index contributed by atoms with van der Waals surface area (Å²) >= 11 is 0. The molecule has 0 saturated carbocycles. The van der Waals surface area contributed by atoms with Gasteiger partial charge in [-0.15, -0.1) is 0 Å². The van der Waals surface area contributed by atoms with Crippen LogP contribution < -0.4 is 5.73 Å². The maximum Gasteiger partial charge on any atom is 0.179 e. The highest BCUT2D eigenvalue weighted by Gasteiger charge is 2.17. The van der Waals surface area contributed by atoms with Crippen molar-refractivity contribution in [2.75, 3.05) is 25.4 Å². The molecule has 1 unspecified atom stereocenters. The van der Waals surface area contributed by atoms with E-state index in [2.05, 4.69) is 25.7 Å². The predicted molar refractivity (Wildman–Crippen MR) is 88.0 cm³/mol. The van der Waals surface area contributed by atoms with Crippen LogP contribution in [0.15, 0.2) is 29.2 Å². The normalized spacial score (nSPS) is 13.6. The molecule has 0 aliphatic heterocycles. The first-order valence-corrected chi connectivity index (χ1v) is 9.32. The van der Waals surface area contributed by atoms with Crippen molar-refractivity contribution in [1.82, 2.24) is 4.90 Å². The van der Waals surface area contributed by atoms with Crippen molar-refractivity contribution in [1.29, 1.82) is 0 Å². The highest BCUT2D eigenvalue weighted by atomic mass is 32.2. The molecule has 0 spiro atoms. The summed E-state index contributed by atoms with van der Waals surface area (Å²) in [6.07, 6.45) is 1.11. The molecule has 4 nitrogen and oxygen atoms in total. The predicted octanol–water partition coefficient (Wildman–Crippen LogP) is 2.29. The maximum absolute atomic E-state index is 12.4. The van der Waals surface area contributed by atoms with E-state index in [1.165, 1.54) is 0 Å². The Hall–Kier alpha value is -0.910. The lowest BCUT2D eigenvalue weighted by atomic mass is 10.1. The van der Waals surface area contributed by atoms with Gasteiger partial charge in [0.2, 0.25) is 0 Å². The molecule has 21 heavy (non-hydrogen) atoms. The van der Waals surface area contributed by atoms with Gasteiger partial charge in [0.25, 0.3) is 0 Å². The summed E-state index contributed by atoms with van der Waals surface area (Å²) in [6.45, 7) is 9.20. The van der Waals surface area contributed by atoms with Crippen LogP contribution in [0.4, 0.5) is 0 Å². The molecule has 0 fully saturated rings. The Kier molecular flexibility index (Phi) is 7.35. The molecule has 1 atom stereocenters. The van der Waals surface area contributed by atoms with Crippen LogP contribution in [0, 0.1) is 5.92 Å². The SMILES string of the molecule is CCC(C)CN(CC)CCS(=O)(=O)c1cccc(CN)c1. The lowest BCUT2D eigenvalue weighted by molar-refractivity contribution is 0.258. The molecule has 0 saturated heterocycles. The van der Waals surface area contributed by atoms with E-state index in [1.807, 2.05) is 6.07 Å². The smallest absolute Gasteiger partial charge is 0.179 e. The average molecular weight is 312 g/mol. The van der Waals surface area contributed by atoms with Gasteiger partial charge in [-0.2, -0.15) is 0 Å². The van der Waals surface area contributed by atoms with Crippen LogP contribution in [-0.4, -0.2) is 38.7 Å². The van der Waals surface area contributed by atoms with E-state index < -0.39 is 9.84 Å². The van der Waals surface area contributed by atoms with Gasteiger partial charge >= 0.3 is 0 Å². The second-order valence-corrected chi connectivity index (χ2v) is 7.69. The van der Waals surface area contributed by atoms with Crippen LogP contribution in [0.1, 0.15) is 32.8 Å². The first kappa shape index (κ1) is 18.1. The zero-order valence-corrected chi connectivity index (χ0v) is 14.2. The van der Waals surface area contributed by atoms with Gasteiger partial charge < -0.3 is 10.6 Å². The van der Waals surface area contributed by atoms with Crippen LogP contribution >= 0.6 is 0 Å². The van der Waals surface area contributed by atoms with E-state index in [-0.39, 0.29) is 5.75 Å². The van der Waals surface area contributed by atoms with Crippen LogP contribution in [0.5, 0.6) is 0 Å². The number of hydrogen-bond donors (Lipinski definition) is 1. The van der Waals surface area contributed by atoms with Crippen molar-refractivity contribution in [2.45, 2.75) is 38.6 Å². The Bertz CT molecular complexity index is 529. The molecule has 1 aromatic rings. The van der Waals surface area contributed by atoms with Gasteiger partial charge in [-0.05, 0) is 30.2 Å². The second kappa shape index (κ2) is 8.51. The molecule has 0 amide bonds. The standard InChI is InChI=1S/C16H28N2O2S/c1-4-14(3)13-18(5-2)9-10-21(19,20)16-8-6-7-15(11-16)12-17/h6-8,11,14H,4-5,9-10,12-13,17H2,1-3H3. The quantitative estimate of drug-likeness (QED) is 0.760. The Morgan fingerprint density at radius 2 is 2.00 bits per heavy atom. The van der Waals surface area contributed by atoms with E-state index >= 15 is 0 Å². The molecule has 0 aliphatic rings. The zero-order valence-electron chi connectivity index (χ0n) is 13.4. The average Bonchev–Trinajstić information content (AvgIpc) is 2.51. The number of hydrogen-bond acceptors (Lipinski definition) is 4. The fourth-order valence-corrected chi connectivity index (χ4v) is 3.53. The summed E-state index contributed by atoms with van der Waals surface area (Å²) in [6, 6.07) is 6.94. The van der Waals surface area contributed by atoms with E-state index in [4.69, 9.17) is 5.73 Å². The zero-order chi connectivity index (χ0) is 15.9. The molecule has 1 rings (SSSR count). The largest absolute Gasteiger partial charge is 0.326 e. The van der Waals surface area contributed by atoms with Crippen LogP contribution in [0.3, 0.4) is 0 Å². The summed E-state index contributed by atoms with van der Waals surface area (Å²) in [7, 11) is -3.24. The van der Waals surface area contributed by atoms with Gasteiger partial charge in [-0.1, -0.05) is 39.3 Å². The monoisotopic (exact) mass is 312 g/mol. The Morgan fingerprint density at radius 3 is 2.57 bits per heavy atom. The molecule has 5 heteroatoms. The van der Waals surface area contributed by atoms with Crippen molar-refractivity contribution in [3.63, 3.8) is 0 Å². The van der Waals surface area contributed by atoms with Gasteiger partial charge in [0.15, 0.2) is 9.84 Å². The van der Waals surface area contributed by atoms with Crippen molar-refractivity contribution < 1.29 is 8.42 Å². The molecule has 1 aromatic carbocycles. The Morgan fingerprint density at radius 1 is 1.29 bits per heavy atom. The van der Waals surface area contributed by atoms with Crippen molar-refractivity contribution in [3.8, 4) is 0 Å². The molecule has 120 valence electrons. The molecule has 0 bridgehead atoms. The van der Waals surface area contributed by atoms with Crippen LogP contribution in [0.2, 0.25) is 0 Å². The first-order chi connectivity index (χ1) is 9.92. The number of benzene rings is 1. The summed E-state index contributed by atoms with van der Waals surface area (Å²) in [5.74, 6) is 0.749. The van der Waals surface area contributed by atoms with Crippen molar-refractivity contribution in [2.24, 2.45) is 11.7 Å². The molecule has 0 aliphatic carbocycles. The van der Waals surface area contributed by atoms with Crippen molar-refractivity contribution in [3.05, 3.63) is 29.8 Å². The summed E-state index contributed by atoms with van der Waals surface area (Å²) in [5.41, 5.74) is 6.42. The Balaban J connectivity index is 2.71. The minimum atomic E-state index is -3.24. The first-order valence-electron chi connectivity index (χ1n) is 7.67. The van der Waals surface area contributed by atoms with E-state index in [9.17, 15) is 8.42 Å². The molecule has 0 aromatic heterocycles. The van der Waals surface area contributed by atoms with Gasteiger partial charge in [0.1, 0.15) is 0 Å². The Labute approximate surface area is 129 Å². The highest BCUT2D eigenvalue weighted by Crippen LogP contribution is 2.14. The molecule has 0 heterocycles. The highest BCUT2D eigenvalue weighted by molar-refractivity contribution is 7.91. The van der Waals surface area contributed by atoms with Crippen LogP contribution in [-0.2, 0) is 16.4 Å². The van der Waals surface area contributed by atoms with Gasteiger partial charge in [-0.25, -0.2) is 8.42 Å². The molecular weight excluding hydrogens is 284 g/mol. The van der Waals surface area contributed by atoms with E-state index in [1.54, 1.807) is 18.2 Å². The third-order valence-electron chi connectivity index (χ3n) is 3.88. The molecule has 0 radical (unpaired) electrons. The lowest BCUT2D eigenvalue weighted by Gasteiger charge is -2.23. The third-order valence-corrected chi connectivity index (χ3v) is 5.58. The molecular formula is C16H28N2O2S. The lowest BCUT2D eigenvalue weighted by Crippen LogP contribution is -2.33. The topological polar surface area (TPSA) is 63.4 Å².